The molecule has 5 nitrogen and oxygen atoms in total. The van der Waals surface area contributed by atoms with E-state index >= 15 is 0 Å². The summed E-state index contributed by atoms with van der Waals surface area (Å²) >= 11 is 2.25. The molecule has 0 bridgehead atoms. The largest absolute Gasteiger partial charge is 0.481 e. The number of benzene rings is 1. The van der Waals surface area contributed by atoms with Gasteiger partial charge in [-0.3, -0.25) is 15.2 Å². The molecule has 2 rings (SSSR count). The number of hydrazone groups is 1. The number of nitrogens with one attached hydrogen (secondary N) is 1. The average molecular weight is 423 g/mol. The first-order valence-electron chi connectivity index (χ1n) is 7.36. The van der Waals surface area contributed by atoms with E-state index in [0.717, 1.165) is 27.1 Å². The predicted octanol–water partition coefficient (Wildman–Crippen LogP) is 4.15. The minimum atomic E-state index is -0.765. The van der Waals surface area contributed by atoms with Crippen LogP contribution in [0.4, 0.5) is 5.69 Å². The van der Waals surface area contributed by atoms with Crippen LogP contribution in [0.25, 0.3) is 0 Å². The molecule has 0 aliphatic heterocycles. The Balaban J connectivity index is 2.04. The van der Waals surface area contributed by atoms with Gasteiger partial charge in [-0.25, -0.2) is 0 Å². The molecule has 0 saturated heterocycles. The minimum absolute atomic E-state index is 0.181. The van der Waals surface area contributed by atoms with Crippen LogP contribution in [0.2, 0.25) is 0 Å². The number of halogens is 1. The van der Waals surface area contributed by atoms with E-state index in [1.54, 1.807) is 6.20 Å². The maximum atomic E-state index is 10.6. The van der Waals surface area contributed by atoms with Crippen LogP contribution >= 0.6 is 22.6 Å². The highest BCUT2D eigenvalue weighted by Gasteiger charge is 2.06. The fourth-order valence-electron chi connectivity index (χ4n) is 2.00. The van der Waals surface area contributed by atoms with E-state index in [2.05, 4.69) is 38.1 Å². The van der Waals surface area contributed by atoms with Gasteiger partial charge in [0.25, 0.3) is 0 Å². The summed E-state index contributed by atoms with van der Waals surface area (Å²) < 4.78 is 1.16. The van der Waals surface area contributed by atoms with Crippen molar-refractivity contribution < 1.29 is 9.90 Å². The fourth-order valence-corrected chi connectivity index (χ4v) is 2.36. The van der Waals surface area contributed by atoms with Crippen molar-refractivity contribution in [2.45, 2.75) is 25.7 Å². The van der Waals surface area contributed by atoms with Crippen molar-refractivity contribution >= 4 is 40.0 Å². The maximum absolute atomic E-state index is 10.6. The van der Waals surface area contributed by atoms with Gasteiger partial charge in [0.15, 0.2) is 0 Å². The van der Waals surface area contributed by atoms with Crippen LogP contribution in [0.1, 0.15) is 31.4 Å². The minimum Gasteiger partial charge on any atom is -0.481 e. The Labute approximate surface area is 149 Å². The number of hydrogen-bond donors (Lipinski definition) is 2. The molecule has 0 fully saturated rings. The van der Waals surface area contributed by atoms with E-state index < -0.39 is 5.97 Å². The van der Waals surface area contributed by atoms with Gasteiger partial charge >= 0.3 is 5.97 Å². The number of rotatable bonds is 8. The summed E-state index contributed by atoms with van der Waals surface area (Å²) in [4.78, 5) is 14.9. The van der Waals surface area contributed by atoms with Crippen molar-refractivity contribution in [1.82, 2.24) is 4.98 Å². The Bertz CT molecular complexity index is 657. The van der Waals surface area contributed by atoms with Crippen LogP contribution in [0.15, 0.2) is 53.8 Å². The Morgan fingerprint density at radius 1 is 1.13 bits per heavy atom. The standard InChI is InChI=1S/C17H18IN3O2/c18-13-8-10-14(11-9-13)20-21-16(6-1-2-7-17(22)23)15-5-3-4-12-19-15/h3-5,8-12,20H,1-2,6-7H2,(H,22,23)/b21-16-. The molecule has 0 radical (unpaired) electrons. The lowest BCUT2D eigenvalue weighted by Crippen LogP contribution is -2.07. The highest BCUT2D eigenvalue weighted by Crippen LogP contribution is 2.13. The third-order valence-corrected chi connectivity index (χ3v) is 3.90. The van der Waals surface area contributed by atoms with Crippen LogP contribution < -0.4 is 5.43 Å². The van der Waals surface area contributed by atoms with Crippen molar-refractivity contribution in [3.8, 4) is 0 Å². The van der Waals surface area contributed by atoms with Gasteiger partial charge in [-0.05, 0) is 78.3 Å². The van der Waals surface area contributed by atoms with Crippen LogP contribution in [0.5, 0.6) is 0 Å². The second-order valence-corrected chi connectivity index (χ2v) is 6.24. The molecule has 0 spiro atoms. The van der Waals surface area contributed by atoms with Gasteiger partial charge in [-0.2, -0.15) is 5.10 Å². The molecule has 0 aliphatic rings. The lowest BCUT2D eigenvalue weighted by atomic mass is 10.1. The zero-order valence-corrected chi connectivity index (χ0v) is 14.7. The first-order valence-corrected chi connectivity index (χ1v) is 8.44. The van der Waals surface area contributed by atoms with Gasteiger partial charge in [0.2, 0.25) is 0 Å². The average Bonchev–Trinajstić information content (AvgIpc) is 2.56. The molecule has 2 N–H and O–H groups in total. The van der Waals surface area contributed by atoms with E-state index in [-0.39, 0.29) is 6.42 Å². The molecular formula is C17H18IN3O2. The molecule has 1 heterocycles. The number of carboxylic acids is 1. The highest BCUT2D eigenvalue weighted by atomic mass is 127. The van der Waals surface area contributed by atoms with Crippen molar-refractivity contribution in [1.29, 1.82) is 0 Å². The number of unbranched alkanes of at least 4 members (excludes halogenated alkanes) is 1. The van der Waals surface area contributed by atoms with Crippen LogP contribution in [0, 0.1) is 3.57 Å². The van der Waals surface area contributed by atoms with E-state index in [9.17, 15) is 4.79 Å². The molecule has 23 heavy (non-hydrogen) atoms. The Morgan fingerprint density at radius 2 is 1.87 bits per heavy atom. The van der Waals surface area contributed by atoms with Crippen molar-refractivity contribution in [2.24, 2.45) is 5.10 Å². The summed E-state index contributed by atoms with van der Waals surface area (Å²) in [6.07, 6.45) is 3.98. The highest BCUT2D eigenvalue weighted by molar-refractivity contribution is 14.1. The lowest BCUT2D eigenvalue weighted by Gasteiger charge is -2.07. The number of nitrogens with zero attached hydrogens (tertiary/aromatic N) is 2. The van der Waals surface area contributed by atoms with Crippen LogP contribution in [-0.2, 0) is 4.79 Å². The summed E-state index contributed by atoms with van der Waals surface area (Å²) in [5.41, 5.74) is 5.59. The molecule has 0 saturated carbocycles. The van der Waals surface area contributed by atoms with Gasteiger partial charge in [0.1, 0.15) is 0 Å². The Kier molecular flexibility index (Phi) is 6.99. The maximum Gasteiger partial charge on any atom is 0.303 e. The van der Waals surface area contributed by atoms with E-state index in [1.165, 1.54) is 0 Å². The number of pyridine rings is 1. The van der Waals surface area contributed by atoms with Crippen LogP contribution in [-0.4, -0.2) is 21.8 Å². The van der Waals surface area contributed by atoms with Gasteiger partial charge < -0.3 is 5.11 Å². The first-order chi connectivity index (χ1) is 11.1. The number of aliphatic carboxylic acids is 1. The quantitative estimate of drug-likeness (QED) is 0.290. The van der Waals surface area contributed by atoms with E-state index in [0.29, 0.717) is 12.8 Å². The molecule has 120 valence electrons. The van der Waals surface area contributed by atoms with Crippen molar-refractivity contribution in [3.63, 3.8) is 0 Å². The van der Waals surface area contributed by atoms with Gasteiger partial charge in [-0.1, -0.05) is 6.07 Å². The zero-order chi connectivity index (χ0) is 16.5. The van der Waals surface area contributed by atoms with Crippen LogP contribution in [0.3, 0.4) is 0 Å². The number of carboxylic acid groups (broad SMARTS) is 1. The molecule has 1 aromatic carbocycles. The third kappa shape index (κ3) is 6.35. The number of anilines is 1. The summed E-state index contributed by atoms with van der Waals surface area (Å²) in [5.74, 6) is -0.765. The summed E-state index contributed by atoms with van der Waals surface area (Å²) in [6.45, 7) is 0. The third-order valence-electron chi connectivity index (χ3n) is 3.18. The molecule has 6 heteroatoms. The number of aromatic nitrogens is 1. The molecule has 0 amide bonds. The van der Waals surface area contributed by atoms with Gasteiger partial charge in [0, 0.05) is 16.2 Å². The fraction of sp³-hybridized carbons (Fsp3) is 0.235. The Morgan fingerprint density at radius 3 is 2.52 bits per heavy atom. The van der Waals surface area contributed by atoms with E-state index in [4.69, 9.17) is 5.11 Å². The van der Waals surface area contributed by atoms with Crippen molar-refractivity contribution in [3.05, 3.63) is 57.9 Å². The number of hydrogen-bond acceptors (Lipinski definition) is 4. The molecule has 0 atom stereocenters. The predicted molar refractivity (Wildman–Crippen MR) is 99.7 cm³/mol. The zero-order valence-electron chi connectivity index (χ0n) is 12.6. The molecule has 0 aliphatic carbocycles. The number of carbonyl (C=O) groups is 1. The molecular weight excluding hydrogens is 405 g/mol. The second-order valence-electron chi connectivity index (χ2n) is 4.99. The summed E-state index contributed by atoms with van der Waals surface area (Å²) in [6, 6.07) is 13.6. The SMILES string of the molecule is O=C(O)CCCC/C(=N/Nc1ccc(I)cc1)c1ccccn1. The second kappa shape index (κ2) is 9.24. The van der Waals surface area contributed by atoms with Crippen molar-refractivity contribution in [2.75, 3.05) is 5.43 Å². The van der Waals surface area contributed by atoms with Gasteiger partial charge in [-0.15, -0.1) is 0 Å². The van der Waals surface area contributed by atoms with Gasteiger partial charge in [0.05, 0.1) is 17.1 Å². The normalized spacial score (nSPS) is 11.3. The molecule has 0 unspecified atom stereocenters. The summed E-state index contributed by atoms with van der Waals surface area (Å²) in [5, 5.41) is 13.2. The molecule has 2 aromatic rings. The smallest absolute Gasteiger partial charge is 0.303 e. The Hall–Kier alpha value is -1.96. The molecule has 1 aromatic heterocycles. The van der Waals surface area contributed by atoms with E-state index in [1.807, 2.05) is 42.5 Å². The summed E-state index contributed by atoms with van der Waals surface area (Å²) in [7, 11) is 0. The monoisotopic (exact) mass is 423 g/mol. The first kappa shape index (κ1) is 17.4. The lowest BCUT2D eigenvalue weighted by molar-refractivity contribution is -0.137. The topological polar surface area (TPSA) is 74.6 Å².